The van der Waals surface area contributed by atoms with E-state index in [9.17, 15) is 24.3 Å². The summed E-state index contributed by atoms with van der Waals surface area (Å²) in [5.41, 5.74) is 11.9. The van der Waals surface area contributed by atoms with Gasteiger partial charge in [-0.2, -0.15) is 0 Å². The maximum atomic E-state index is 13.4. The molecule has 1 atom stereocenters. The summed E-state index contributed by atoms with van der Waals surface area (Å²) in [5, 5.41) is 25.9. The lowest BCUT2D eigenvalue weighted by Gasteiger charge is -2.20. The molecule has 0 unspecified atom stereocenters. The van der Waals surface area contributed by atoms with Gasteiger partial charge in [0.1, 0.15) is 17.6 Å². The van der Waals surface area contributed by atoms with Crippen LogP contribution in [-0.4, -0.2) is 65.9 Å². The van der Waals surface area contributed by atoms with Crippen LogP contribution in [0.4, 0.5) is 5.69 Å². The fourth-order valence-corrected chi connectivity index (χ4v) is 4.51. The second-order valence-electron chi connectivity index (χ2n) is 10.7. The van der Waals surface area contributed by atoms with Gasteiger partial charge in [-0.1, -0.05) is 19.9 Å². The number of nitrogens with two attached hydrogens (primary N) is 2. The second-order valence-corrected chi connectivity index (χ2v) is 10.7. The van der Waals surface area contributed by atoms with Gasteiger partial charge in [-0.25, -0.2) is 9.78 Å². The lowest BCUT2D eigenvalue weighted by molar-refractivity contribution is -0.123. The Morgan fingerprint density at radius 1 is 0.956 bits per heavy atom. The van der Waals surface area contributed by atoms with E-state index in [1.165, 1.54) is 37.4 Å². The number of nitrogens with one attached hydrogen (secondary N) is 4. The average molecular weight is 618 g/mol. The van der Waals surface area contributed by atoms with Crippen LogP contribution in [0.15, 0.2) is 54.6 Å². The fraction of sp³-hybridized carbons (Fsp3) is 0.312. The molecular weight excluding hydrogens is 578 g/mol. The topological polar surface area (TPSA) is 223 Å². The predicted octanol–water partition coefficient (Wildman–Crippen LogP) is 2.99. The normalized spacial score (nSPS) is 11.4. The van der Waals surface area contributed by atoms with Crippen molar-refractivity contribution in [3.8, 4) is 17.0 Å². The van der Waals surface area contributed by atoms with Crippen molar-refractivity contribution in [2.24, 2.45) is 17.4 Å². The molecule has 0 aliphatic heterocycles. The van der Waals surface area contributed by atoms with Crippen LogP contribution in [0.5, 0.6) is 5.88 Å². The number of rotatable bonds is 15. The van der Waals surface area contributed by atoms with Gasteiger partial charge in [0.15, 0.2) is 0 Å². The van der Waals surface area contributed by atoms with Crippen molar-refractivity contribution in [2.75, 3.05) is 25.5 Å². The van der Waals surface area contributed by atoms with Crippen molar-refractivity contribution in [2.45, 2.75) is 39.2 Å². The molecule has 0 saturated heterocycles. The van der Waals surface area contributed by atoms with E-state index >= 15 is 0 Å². The molecule has 2 aromatic carbocycles. The van der Waals surface area contributed by atoms with Crippen LogP contribution >= 0.6 is 0 Å². The Labute approximate surface area is 261 Å². The van der Waals surface area contributed by atoms with E-state index in [1.54, 1.807) is 24.3 Å². The van der Waals surface area contributed by atoms with Gasteiger partial charge in [-0.05, 0) is 79.8 Å². The zero-order valence-electron chi connectivity index (χ0n) is 25.5. The van der Waals surface area contributed by atoms with Crippen molar-refractivity contribution in [3.05, 3.63) is 77.0 Å². The fourth-order valence-electron chi connectivity index (χ4n) is 4.51. The molecule has 0 spiro atoms. The zero-order valence-corrected chi connectivity index (χ0v) is 25.5. The number of carboxylic acid groups (broad SMARTS) is 1. The highest BCUT2D eigenvalue weighted by Crippen LogP contribution is 2.30. The number of anilines is 1. The number of amides is 3. The largest absolute Gasteiger partial charge is 0.481 e. The summed E-state index contributed by atoms with van der Waals surface area (Å²) in [6.45, 7) is 4.79. The van der Waals surface area contributed by atoms with E-state index in [1.807, 2.05) is 13.8 Å². The number of carbonyl (C=O) groups is 4. The van der Waals surface area contributed by atoms with Crippen LogP contribution in [0.3, 0.4) is 0 Å². The predicted molar refractivity (Wildman–Crippen MR) is 171 cm³/mol. The molecule has 0 aliphatic carbocycles. The van der Waals surface area contributed by atoms with Crippen LogP contribution in [0.2, 0.25) is 0 Å². The molecule has 13 nitrogen and oxygen atoms in total. The van der Waals surface area contributed by atoms with Gasteiger partial charge < -0.3 is 37.3 Å². The van der Waals surface area contributed by atoms with Crippen molar-refractivity contribution in [3.63, 3.8) is 0 Å². The van der Waals surface area contributed by atoms with E-state index < -0.39 is 23.8 Å². The van der Waals surface area contributed by atoms with Gasteiger partial charge in [0.25, 0.3) is 11.8 Å². The van der Waals surface area contributed by atoms with Gasteiger partial charge in [-0.3, -0.25) is 19.8 Å². The maximum Gasteiger partial charge on any atom is 0.336 e. The van der Waals surface area contributed by atoms with Crippen LogP contribution < -0.4 is 32.2 Å². The first-order valence-corrected chi connectivity index (χ1v) is 14.4. The molecule has 0 aliphatic rings. The Kier molecular flexibility index (Phi) is 12.1. The number of ether oxygens (including phenoxy) is 1. The molecule has 45 heavy (non-hydrogen) atoms. The van der Waals surface area contributed by atoms with Crippen molar-refractivity contribution < 1.29 is 29.0 Å². The Morgan fingerprint density at radius 2 is 1.62 bits per heavy atom. The number of hydrogen-bond donors (Lipinski definition) is 7. The monoisotopic (exact) mass is 617 g/mol. The molecular formula is C32H39N7O6. The number of nitrogen functional groups attached to an aromatic ring is 1. The number of carbonyl (C=O) groups excluding carboxylic acids is 3. The van der Waals surface area contributed by atoms with E-state index in [4.69, 9.17) is 21.6 Å². The number of hydrogen-bond acceptors (Lipinski definition) is 8. The summed E-state index contributed by atoms with van der Waals surface area (Å²) in [6.07, 6.45) is 1.85. The van der Waals surface area contributed by atoms with Crippen LogP contribution in [0, 0.1) is 11.3 Å². The van der Waals surface area contributed by atoms with Crippen molar-refractivity contribution in [1.29, 1.82) is 5.41 Å². The molecule has 0 radical (unpaired) electrons. The minimum atomic E-state index is -1.34. The molecule has 13 heteroatoms. The number of unbranched alkanes of at least 4 members (excludes halogenated alkanes) is 1. The Hall–Kier alpha value is -5.30. The Balaban J connectivity index is 1.93. The molecule has 3 rings (SSSR count). The van der Waals surface area contributed by atoms with Gasteiger partial charge in [-0.15, -0.1) is 0 Å². The molecule has 0 fully saturated rings. The summed E-state index contributed by atoms with van der Waals surface area (Å²) in [5.74, 6) is -2.83. The summed E-state index contributed by atoms with van der Waals surface area (Å²) in [4.78, 5) is 56.2. The summed E-state index contributed by atoms with van der Waals surface area (Å²) in [7, 11) is 1.38. The highest BCUT2D eigenvalue weighted by atomic mass is 16.5. The Morgan fingerprint density at radius 3 is 2.22 bits per heavy atom. The minimum Gasteiger partial charge on any atom is -0.481 e. The van der Waals surface area contributed by atoms with Crippen molar-refractivity contribution >= 4 is 35.2 Å². The molecule has 1 heterocycles. The number of methoxy groups -OCH3 is 1. The molecule has 0 bridgehead atoms. The van der Waals surface area contributed by atoms with Gasteiger partial charge in [0.05, 0.1) is 12.7 Å². The highest BCUT2D eigenvalue weighted by molar-refractivity contribution is 6.10. The molecule has 3 aromatic rings. The number of aromatic carboxylic acids is 1. The van der Waals surface area contributed by atoms with Crippen LogP contribution in [-0.2, 0) is 4.79 Å². The number of carboxylic acids is 1. The van der Waals surface area contributed by atoms with Crippen LogP contribution in [0.25, 0.3) is 11.1 Å². The number of amidine groups is 1. The SMILES string of the molecule is COc1ccc(-c2ccc(C(=O)N[C@@H](CC(C)C)C(=O)NCCCCN)cc2C(=O)O)c(C(=O)Nc2ccc(C(=N)N)cc2)n1. The van der Waals surface area contributed by atoms with Gasteiger partial charge in [0.2, 0.25) is 11.8 Å². The third-order valence-electron chi connectivity index (χ3n) is 6.81. The first kappa shape index (κ1) is 34.2. The molecule has 9 N–H and O–H groups in total. The smallest absolute Gasteiger partial charge is 0.336 e. The standard InChI is InChI=1S/C32H39N7O6/c1-18(2)16-25(30(41)36-15-5-4-14-33)38-29(40)20-8-11-22(24(17-20)32(43)44)23-12-13-26(45-3)39-27(23)31(42)37-21-9-6-19(7-10-21)28(34)35/h6-13,17-18,25H,4-5,14-16,33H2,1-3H3,(H3,34,35)(H,36,41)(H,37,42)(H,38,40)(H,43,44)/t25-/m0/s1. The number of aromatic nitrogens is 1. The van der Waals surface area contributed by atoms with E-state index in [0.29, 0.717) is 37.2 Å². The summed E-state index contributed by atoms with van der Waals surface area (Å²) in [6, 6.07) is 12.5. The lowest BCUT2D eigenvalue weighted by Crippen LogP contribution is -2.47. The maximum absolute atomic E-state index is 13.4. The quantitative estimate of drug-likeness (QED) is 0.0755. The van der Waals surface area contributed by atoms with Gasteiger partial charge >= 0.3 is 5.97 Å². The second kappa shape index (κ2) is 16.0. The number of pyridine rings is 1. The van der Waals surface area contributed by atoms with E-state index in [2.05, 4.69) is 20.9 Å². The third kappa shape index (κ3) is 9.34. The van der Waals surface area contributed by atoms with E-state index in [0.717, 1.165) is 6.42 Å². The molecule has 238 valence electrons. The van der Waals surface area contributed by atoms with Gasteiger partial charge in [0, 0.05) is 35.0 Å². The first-order chi connectivity index (χ1) is 21.4. The Bertz CT molecular complexity index is 1560. The summed E-state index contributed by atoms with van der Waals surface area (Å²) < 4.78 is 5.20. The average Bonchev–Trinajstić information content (AvgIpc) is 3.02. The highest BCUT2D eigenvalue weighted by Gasteiger charge is 2.25. The zero-order chi connectivity index (χ0) is 33.1. The number of benzene rings is 2. The summed E-state index contributed by atoms with van der Waals surface area (Å²) >= 11 is 0. The molecule has 0 saturated carbocycles. The van der Waals surface area contributed by atoms with Crippen molar-refractivity contribution in [1.82, 2.24) is 15.6 Å². The number of nitrogens with zero attached hydrogens (tertiary/aromatic N) is 1. The molecule has 3 amide bonds. The van der Waals surface area contributed by atoms with Crippen LogP contribution in [0.1, 0.15) is 69.9 Å². The minimum absolute atomic E-state index is 0.0267. The third-order valence-corrected chi connectivity index (χ3v) is 6.81. The first-order valence-electron chi connectivity index (χ1n) is 14.4. The van der Waals surface area contributed by atoms with E-state index in [-0.39, 0.29) is 51.5 Å². The lowest BCUT2D eigenvalue weighted by atomic mass is 9.95. The molecule has 1 aromatic heterocycles.